The minimum atomic E-state index is 0.113. The summed E-state index contributed by atoms with van der Waals surface area (Å²) in [7, 11) is 0. The van der Waals surface area contributed by atoms with Crippen molar-refractivity contribution in [2.24, 2.45) is 11.8 Å². The van der Waals surface area contributed by atoms with E-state index >= 15 is 0 Å². The van der Waals surface area contributed by atoms with Crippen LogP contribution in [0.2, 0.25) is 0 Å². The van der Waals surface area contributed by atoms with Crippen LogP contribution in [0.15, 0.2) is 136 Å². The van der Waals surface area contributed by atoms with E-state index in [0.717, 1.165) is 83.5 Å². The van der Waals surface area contributed by atoms with E-state index in [9.17, 15) is 5.26 Å². The maximum atomic E-state index is 9.44. The number of nitrogens with zero attached hydrogens (tertiary/aromatic N) is 4. The van der Waals surface area contributed by atoms with Crippen molar-refractivity contribution in [3.05, 3.63) is 139 Å². The summed E-state index contributed by atoms with van der Waals surface area (Å²) < 4.78 is 13.1. The van der Waals surface area contributed by atoms with Gasteiger partial charge in [-0.3, -0.25) is 0 Å². The smallest absolute Gasteiger partial charge is 0.164 e. The first-order valence-electron chi connectivity index (χ1n) is 19.2. The van der Waals surface area contributed by atoms with E-state index in [1.807, 2.05) is 66.7 Å². The fourth-order valence-electron chi connectivity index (χ4n) is 9.81. The number of furan rings is 2. The van der Waals surface area contributed by atoms with Crippen LogP contribution in [0.1, 0.15) is 50.2 Å². The van der Waals surface area contributed by atoms with Gasteiger partial charge in [0.1, 0.15) is 22.3 Å². The Morgan fingerprint density at radius 2 is 1.15 bits per heavy atom. The van der Waals surface area contributed by atoms with Gasteiger partial charge in [-0.05, 0) is 90.1 Å². The Bertz CT molecular complexity index is 3010. The number of hydrogen-bond acceptors (Lipinski definition) is 6. The third-order valence-corrected chi connectivity index (χ3v) is 12.3. The molecule has 0 radical (unpaired) electrons. The van der Waals surface area contributed by atoms with Gasteiger partial charge in [-0.25, -0.2) is 15.0 Å². The van der Waals surface area contributed by atoms with E-state index in [4.69, 9.17) is 23.8 Å². The second-order valence-electron chi connectivity index (χ2n) is 15.9. The second-order valence-corrected chi connectivity index (χ2v) is 15.9. The molecule has 2 aliphatic rings. The van der Waals surface area contributed by atoms with Crippen LogP contribution in [-0.4, -0.2) is 15.0 Å². The van der Waals surface area contributed by atoms with Crippen LogP contribution in [0.5, 0.6) is 0 Å². The van der Waals surface area contributed by atoms with E-state index in [2.05, 4.69) is 73.7 Å². The van der Waals surface area contributed by atoms with Crippen molar-refractivity contribution in [2.45, 2.75) is 44.4 Å². The molecule has 0 amide bonds. The lowest BCUT2D eigenvalue weighted by molar-refractivity contribution is 0.232. The first-order chi connectivity index (χ1) is 27.0. The van der Waals surface area contributed by atoms with Crippen LogP contribution in [-0.2, 0) is 5.41 Å². The summed E-state index contributed by atoms with van der Waals surface area (Å²) in [4.78, 5) is 15.4. The fourth-order valence-corrected chi connectivity index (χ4v) is 9.81. The lowest BCUT2D eigenvalue weighted by Gasteiger charge is -2.38. The van der Waals surface area contributed by atoms with Gasteiger partial charge in [0, 0.05) is 43.8 Å². The summed E-state index contributed by atoms with van der Waals surface area (Å²) in [6, 6.07) is 45.3. The van der Waals surface area contributed by atoms with Crippen LogP contribution in [0.3, 0.4) is 0 Å². The molecule has 2 aliphatic carbocycles. The molecule has 6 heteroatoms. The van der Waals surface area contributed by atoms with Crippen molar-refractivity contribution < 1.29 is 8.83 Å². The quantitative estimate of drug-likeness (QED) is 0.176. The molecule has 55 heavy (non-hydrogen) atoms. The van der Waals surface area contributed by atoms with Crippen molar-refractivity contribution in [3.8, 4) is 51.4 Å². The zero-order valence-corrected chi connectivity index (χ0v) is 30.4. The molecule has 0 N–H and O–H groups in total. The van der Waals surface area contributed by atoms with E-state index in [1.165, 1.54) is 37.7 Å². The Labute approximate surface area is 318 Å². The molecule has 6 aromatic carbocycles. The lowest BCUT2D eigenvalue weighted by atomic mass is 9.66. The maximum absolute atomic E-state index is 9.44. The van der Waals surface area contributed by atoms with E-state index in [-0.39, 0.29) is 5.41 Å². The van der Waals surface area contributed by atoms with Gasteiger partial charge in [0.25, 0.3) is 0 Å². The normalized spacial score (nSPS) is 19.4. The molecular formula is C49H36N4O2. The summed E-state index contributed by atoms with van der Waals surface area (Å²) >= 11 is 0. The van der Waals surface area contributed by atoms with Crippen molar-refractivity contribution in [2.75, 3.05) is 0 Å². The monoisotopic (exact) mass is 712 g/mol. The van der Waals surface area contributed by atoms with Crippen LogP contribution in [0.25, 0.3) is 89.2 Å². The topological polar surface area (TPSA) is 88.7 Å². The minimum Gasteiger partial charge on any atom is -0.456 e. The first-order valence-corrected chi connectivity index (χ1v) is 19.2. The molecular weight excluding hydrogens is 677 g/mol. The number of fused-ring (bicyclic) bond motifs is 8. The van der Waals surface area contributed by atoms with E-state index in [0.29, 0.717) is 23.0 Å². The summed E-state index contributed by atoms with van der Waals surface area (Å²) in [5, 5.41) is 13.8. The standard InChI is InChI=1S/C49H36N4O2/c1-49(26-30-13-14-31(23-30)27-49)41-11-6-10-39-38-22-20-34(25-44(38)55-45(39)41)47-51-46(33-19-21-37-36-8-4-5-12-42(36)54-43(37)24-33)52-48(53-47)40-9-3-2-7-35(40)32-17-15-29(28-50)16-18-32/h2-12,15-22,24-25,30-31H,13-14,23,26-27H2,1H3/t30-,31+,49?. The van der Waals surface area contributed by atoms with Gasteiger partial charge in [-0.15, -0.1) is 0 Å². The molecule has 0 saturated heterocycles. The van der Waals surface area contributed by atoms with Gasteiger partial charge in [0.2, 0.25) is 0 Å². The highest BCUT2D eigenvalue weighted by Crippen LogP contribution is 2.53. The van der Waals surface area contributed by atoms with Gasteiger partial charge >= 0.3 is 0 Å². The Hall–Kier alpha value is -6.58. The number of nitriles is 1. The molecule has 0 spiro atoms. The number of benzene rings is 6. The number of hydrogen-bond donors (Lipinski definition) is 0. The van der Waals surface area contributed by atoms with Crippen molar-refractivity contribution in [3.63, 3.8) is 0 Å². The summed E-state index contributed by atoms with van der Waals surface area (Å²) in [6.45, 7) is 2.46. The zero-order chi connectivity index (χ0) is 36.7. The minimum absolute atomic E-state index is 0.113. The third kappa shape index (κ3) is 5.26. The Morgan fingerprint density at radius 1 is 0.564 bits per heavy atom. The second kappa shape index (κ2) is 12.2. The fraction of sp³-hybridized carbons (Fsp3) is 0.184. The van der Waals surface area contributed by atoms with Gasteiger partial charge in [-0.1, -0.05) is 105 Å². The van der Waals surface area contributed by atoms with E-state index < -0.39 is 0 Å². The number of para-hydroxylation sites is 2. The molecule has 3 atom stereocenters. The van der Waals surface area contributed by atoms with Gasteiger partial charge in [0.05, 0.1) is 11.6 Å². The molecule has 264 valence electrons. The van der Waals surface area contributed by atoms with Crippen molar-refractivity contribution >= 4 is 43.9 Å². The lowest BCUT2D eigenvalue weighted by Crippen LogP contribution is -2.30. The predicted molar refractivity (Wildman–Crippen MR) is 218 cm³/mol. The number of aromatic nitrogens is 3. The molecule has 2 fully saturated rings. The average Bonchev–Trinajstić information content (AvgIpc) is 3.91. The molecule has 3 aromatic heterocycles. The average molecular weight is 713 g/mol. The Kier molecular flexibility index (Phi) is 7.09. The highest BCUT2D eigenvalue weighted by atomic mass is 16.3. The first kappa shape index (κ1) is 31.9. The van der Waals surface area contributed by atoms with Gasteiger partial charge in [0.15, 0.2) is 17.5 Å². The SMILES string of the molecule is CC1(c2cccc3c2oc2cc(-c4nc(-c5ccc6c(c5)oc5ccccc56)nc(-c5ccccc5-c5ccc(C#N)cc5)n4)ccc23)C[C@@H]2CC[C@@H](C2)C1. The van der Waals surface area contributed by atoms with Gasteiger partial charge < -0.3 is 8.83 Å². The highest BCUT2D eigenvalue weighted by Gasteiger charge is 2.43. The third-order valence-electron chi connectivity index (χ3n) is 12.3. The van der Waals surface area contributed by atoms with Gasteiger partial charge in [-0.2, -0.15) is 5.26 Å². The summed E-state index contributed by atoms with van der Waals surface area (Å²) in [5.41, 5.74) is 10.00. The Balaban J connectivity index is 1.08. The molecule has 9 aromatic rings. The molecule has 1 unspecified atom stereocenters. The van der Waals surface area contributed by atoms with E-state index in [1.54, 1.807) is 0 Å². The highest BCUT2D eigenvalue weighted by molar-refractivity contribution is 6.07. The molecule has 2 saturated carbocycles. The van der Waals surface area contributed by atoms with Crippen molar-refractivity contribution in [1.82, 2.24) is 15.0 Å². The van der Waals surface area contributed by atoms with Crippen LogP contribution >= 0.6 is 0 Å². The molecule has 11 rings (SSSR count). The molecule has 0 aliphatic heterocycles. The van der Waals surface area contributed by atoms with Crippen LogP contribution in [0, 0.1) is 23.2 Å². The number of rotatable bonds is 5. The van der Waals surface area contributed by atoms with Crippen molar-refractivity contribution in [1.29, 1.82) is 5.26 Å². The summed E-state index contributed by atoms with van der Waals surface area (Å²) in [6.07, 6.45) is 6.56. The zero-order valence-electron chi connectivity index (χ0n) is 30.4. The molecule has 2 bridgehead atoms. The maximum Gasteiger partial charge on any atom is 0.164 e. The summed E-state index contributed by atoms with van der Waals surface area (Å²) in [5.74, 6) is 3.28. The largest absolute Gasteiger partial charge is 0.456 e. The van der Waals surface area contributed by atoms with Crippen LogP contribution < -0.4 is 0 Å². The molecule has 3 heterocycles. The van der Waals surface area contributed by atoms with Crippen LogP contribution in [0.4, 0.5) is 0 Å². The predicted octanol–water partition coefficient (Wildman–Crippen LogP) is 12.7. The Morgan fingerprint density at radius 3 is 1.87 bits per heavy atom. The molecule has 6 nitrogen and oxygen atoms in total.